The predicted octanol–water partition coefficient (Wildman–Crippen LogP) is 5.21. The van der Waals surface area contributed by atoms with Crippen LogP contribution in [0.15, 0.2) is 66.9 Å². The van der Waals surface area contributed by atoms with E-state index in [1.807, 2.05) is 80.6 Å². The number of hydrogen-bond acceptors (Lipinski definition) is 3. The fraction of sp³-hybridized carbons (Fsp3) is 0.182. The number of hydrogen-bond donors (Lipinski definition) is 0. The van der Waals surface area contributed by atoms with Gasteiger partial charge in [0.15, 0.2) is 0 Å². The summed E-state index contributed by atoms with van der Waals surface area (Å²) in [6, 6.07) is 19.5. The van der Waals surface area contributed by atoms with Gasteiger partial charge in [-0.05, 0) is 37.6 Å². The maximum absolute atomic E-state index is 12.5. The highest BCUT2D eigenvalue weighted by molar-refractivity contribution is 5.93. The Morgan fingerprint density at radius 2 is 1.69 bits per heavy atom. The van der Waals surface area contributed by atoms with Gasteiger partial charge in [-0.3, -0.25) is 4.98 Å². The number of nitrogens with zero attached hydrogens (tertiary/aromatic N) is 2. The molecule has 1 amide bonds. The third-order valence-electron chi connectivity index (χ3n) is 4.25. The van der Waals surface area contributed by atoms with E-state index in [1.54, 1.807) is 11.1 Å². The standard InChI is InChI=1S/C22H22N2O2/c1-3-24(4-2)22(25)26-21(17-10-6-5-7-11-17)16-18-14-15-23-20-13-9-8-12-19(18)20/h5-16H,3-4H2,1-2H3/b21-16+. The number of ether oxygens (including phenoxy) is 1. The molecule has 0 saturated heterocycles. The topological polar surface area (TPSA) is 42.4 Å². The Labute approximate surface area is 153 Å². The number of carbonyl (C=O) groups excluding carboxylic acids is 1. The molecule has 0 saturated carbocycles. The summed E-state index contributed by atoms with van der Waals surface area (Å²) in [7, 11) is 0. The molecule has 0 aliphatic heterocycles. The van der Waals surface area contributed by atoms with Crippen molar-refractivity contribution in [1.29, 1.82) is 0 Å². The fourth-order valence-corrected chi connectivity index (χ4v) is 2.80. The van der Waals surface area contributed by atoms with E-state index < -0.39 is 0 Å². The molecule has 0 aliphatic carbocycles. The molecule has 1 aromatic heterocycles. The van der Waals surface area contributed by atoms with Crippen LogP contribution in [0.25, 0.3) is 22.7 Å². The molecule has 132 valence electrons. The first-order valence-electron chi connectivity index (χ1n) is 8.80. The molecule has 0 N–H and O–H groups in total. The number of pyridine rings is 1. The molecule has 0 radical (unpaired) electrons. The van der Waals surface area contributed by atoms with Crippen molar-refractivity contribution in [3.05, 3.63) is 78.0 Å². The summed E-state index contributed by atoms with van der Waals surface area (Å²) >= 11 is 0. The van der Waals surface area contributed by atoms with E-state index in [-0.39, 0.29) is 6.09 Å². The Kier molecular flexibility index (Phi) is 5.64. The van der Waals surface area contributed by atoms with Gasteiger partial charge in [0.05, 0.1) is 5.52 Å². The van der Waals surface area contributed by atoms with Gasteiger partial charge in [0, 0.05) is 30.2 Å². The molecule has 2 aromatic carbocycles. The average Bonchev–Trinajstić information content (AvgIpc) is 2.69. The maximum Gasteiger partial charge on any atom is 0.415 e. The van der Waals surface area contributed by atoms with Crippen LogP contribution in [-0.4, -0.2) is 29.1 Å². The Morgan fingerprint density at radius 1 is 1.00 bits per heavy atom. The van der Waals surface area contributed by atoms with Crippen LogP contribution in [0.4, 0.5) is 4.79 Å². The van der Waals surface area contributed by atoms with Crippen molar-refractivity contribution in [2.45, 2.75) is 13.8 Å². The largest absolute Gasteiger partial charge is 0.415 e. The van der Waals surface area contributed by atoms with Crippen LogP contribution >= 0.6 is 0 Å². The molecule has 3 rings (SSSR count). The molecule has 0 aliphatic rings. The molecule has 0 spiro atoms. The van der Waals surface area contributed by atoms with Gasteiger partial charge in [0.2, 0.25) is 0 Å². The molecule has 4 heteroatoms. The lowest BCUT2D eigenvalue weighted by Gasteiger charge is -2.19. The highest BCUT2D eigenvalue weighted by atomic mass is 16.6. The van der Waals surface area contributed by atoms with Crippen molar-refractivity contribution in [2.24, 2.45) is 0 Å². The first-order valence-corrected chi connectivity index (χ1v) is 8.80. The van der Waals surface area contributed by atoms with E-state index in [2.05, 4.69) is 4.98 Å². The first kappa shape index (κ1) is 17.7. The van der Waals surface area contributed by atoms with Crippen LogP contribution in [0, 0.1) is 0 Å². The maximum atomic E-state index is 12.5. The van der Waals surface area contributed by atoms with Gasteiger partial charge in [-0.1, -0.05) is 48.5 Å². The zero-order valence-electron chi connectivity index (χ0n) is 15.1. The van der Waals surface area contributed by atoms with Crippen molar-refractivity contribution in [1.82, 2.24) is 9.88 Å². The zero-order chi connectivity index (χ0) is 18.4. The smallest absolute Gasteiger partial charge is 0.410 e. The molecule has 0 bridgehead atoms. The molecular weight excluding hydrogens is 324 g/mol. The first-order chi connectivity index (χ1) is 12.7. The minimum atomic E-state index is -0.344. The van der Waals surface area contributed by atoms with Crippen molar-refractivity contribution in [3.63, 3.8) is 0 Å². The number of rotatable bonds is 5. The molecule has 0 fully saturated rings. The SMILES string of the molecule is CCN(CC)C(=O)O/C(=C/c1ccnc2ccccc12)c1ccccc1. The Hall–Kier alpha value is -3.14. The van der Waals surface area contributed by atoms with Crippen LogP contribution in [0.1, 0.15) is 25.0 Å². The van der Waals surface area contributed by atoms with E-state index in [9.17, 15) is 4.79 Å². The quantitative estimate of drug-likeness (QED) is 0.596. The van der Waals surface area contributed by atoms with Gasteiger partial charge < -0.3 is 9.64 Å². The minimum absolute atomic E-state index is 0.344. The predicted molar refractivity (Wildman–Crippen MR) is 105 cm³/mol. The van der Waals surface area contributed by atoms with Gasteiger partial charge in [-0.15, -0.1) is 0 Å². The third kappa shape index (κ3) is 3.91. The summed E-state index contributed by atoms with van der Waals surface area (Å²) in [5.74, 6) is 0.527. The second-order valence-electron chi connectivity index (χ2n) is 5.83. The van der Waals surface area contributed by atoms with E-state index in [4.69, 9.17) is 4.74 Å². The lowest BCUT2D eigenvalue weighted by molar-refractivity contribution is 0.148. The zero-order valence-corrected chi connectivity index (χ0v) is 15.1. The Morgan fingerprint density at radius 3 is 2.42 bits per heavy atom. The van der Waals surface area contributed by atoms with Crippen molar-refractivity contribution < 1.29 is 9.53 Å². The lowest BCUT2D eigenvalue weighted by Crippen LogP contribution is -2.30. The monoisotopic (exact) mass is 346 g/mol. The van der Waals surface area contributed by atoms with Crippen molar-refractivity contribution in [2.75, 3.05) is 13.1 Å². The van der Waals surface area contributed by atoms with Crippen LogP contribution in [0.3, 0.4) is 0 Å². The molecule has 0 unspecified atom stereocenters. The summed E-state index contributed by atoms with van der Waals surface area (Å²) in [6.45, 7) is 5.09. The molecule has 26 heavy (non-hydrogen) atoms. The summed E-state index contributed by atoms with van der Waals surface area (Å²) in [5.41, 5.74) is 2.72. The second kappa shape index (κ2) is 8.30. The van der Waals surface area contributed by atoms with E-state index in [0.29, 0.717) is 18.8 Å². The lowest BCUT2D eigenvalue weighted by atomic mass is 10.1. The van der Waals surface area contributed by atoms with Crippen LogP contribution in [0.2, 0.25) is 0 Å². The van der Waals surface area contributed by atoms with Gasteiger partial charge in [-0.2, -0.15) is 0 Å². The number of para-hydroxylation sites is 1. The summed E-state index contributed by atoms with van der Waals surface area (Å²) in [5, 5.41) is 1.02. The number of fused-ring (bicyclic) bond motifs is 1. The second-order valence-corrected chi connectivity index (χ2v) is 5.83. The van der Waals surface area contributed by atoms with Crippen LogP contribution in [-0.2, 0) is 4.74 Å². The average molecular weight is 346 g/mol. The minimum Gasteiger partial charge on any atom is -0.410 e. The van der Waals surface area contributed by atoms with Gasteiger partial charge in [0.25, 0.3) is 0 Å². The highest BCUT2D eigenvalue weighted by Gasteiger charge is 2.15. The fourth-order valence-electron chi connectivity index (χ4n) is 2.80. The molecular formula is C22H22N2O2. The summed E-state index contributed by atoms with van der Waals surface area (Å²) in [4.78, 5) is 18.5. The van der Waals surface area contributed by atoms with E-state index in [0.717, 1.165) is 22.0 Å². The van der Waals surface area contributed by atoms with Gasteiger partial charge in [0.1, 0.15) is 5.76 Å². The Bertz CT molecular complexity index is 910. The number of benzene rings is 2. The van der Waals surface area contributed by atoms with E-state index >= 15 is 0 Å². The molecule has 1 heterocycles. The third-order valence-corrected chi connectivity index (χ3v) is 4.25. The van der Waals surface area contributed by atoms with Crippen molar-refractivity contribution >= 4 is 28.8 Å². The normalized spacial score (nSPS) is 11.4. The number of amides is 1. The van der Waals surface area contributed by atoms with Gasteiger partial charge in [-0.25, -0.2) is 4.79 Å². The molecule has 4 nitrogen and oxygen atoms in total. The van der Waals surface area contributed by atoms with Crippen molar-refractivity contribution in [3.8, 4) is 0 Å². The number of carbonyl (C=O) groups is 1. The highest BCUT2D eigenvalue weighted by Crippen LogP contribution is 2.24. The molecule has 3 aromatic rings. The Balaban J connectivity index is 2.05. The summed E-state index contributed by atoms with van der Waals surface area (Å²) < 4.78 is 5.76. The van der Waals surface area contributed by atoms with Crippen LogP contribution in [0.5, 0.6) is 0 Å². The summed E-state index contributed by atoms with van der Waals surface area (Å²) in [6.07, 6.45) is 3.33. The van der Waals surface area contributed by atoms with E-state index in [1.165, 1.54) is 0 Å². The number of aromatic nitrogens is 1. The van der Waals surface area contributed by atoms with Crippen LogP contribution < -0.4 is 0 Å². The van der Waals surface area contributed by atoms with Gasteiger partial charge >= 0.3 is 6.09 Å². The molecule has 0 atom stereocenters.